The standard InChI is InChI=1S/C18H15F2N5O/c19-11-4-3-5-12(20)15(11)24-18(26)25-9-7-13-16(23-10-22-13)17(25)14-6-1-2-8-21-14/h1-6,8,10,17H,7,9H2,(H,22,23)(H,24,26)/t17-/m0/s1. The van der Waals surface area contributed by atoms with E-state index in [2.05, 4.69) is 20.3 Å². The number of hydrogen-bond acceptors (Lipinski definition) is 3. The zero-order valence-electron chi connectivity index (χ0n) is 13.6. The van der Waals surface area contributed by atoms with Crippen molar-refractivity contribution in [2.45, 2.75) is 12.5 Å². The van der Waals surface area contributed by atoms with Crippen LogP contribution in [-0.2, 0) is 6.42 Å². The second-order valence-corrected chi connectivity index (χ2v) is 5.89. The quantitative estimate of drug-likeness (QED) is 0.741. The third kappa shape index (κ3) is 2.79. The Balaban J connectivity index is 1.69. The topological polar surface area (TPSA) is 73.9 Å². The number of aromatic amines is 1. The molecule has 4 rings (SSSR count). The molecule has 26 heavy (non-hydrogen) atoms. The number of hydrogen-bond donors (Lipinski definition) is 2. The molecule has 8 heteroatoms. The highest BCUT2D eigenvalue weighted by atomic mass is 19.1. The lowest BCUT2D eigenvalue weighted by atomic mass is 10.00. The van der Waals surface area contributed by atoms with Crippen LogP contribution in [0.5, 0.6) is 0 Å². The van der Waals surface area contributed by atoms with Crippen LogP contribution in [0.25, 0.3) is 0 Å². The van der Waals surface area contributed by atoms with E-state index < -0.39 is 29.4 Å². The molecule has 2 amide bonds. The van der Waals surface area contributed by atoms with Gasteiger partial charge in [0, 0.05) is 24.9 Å². The largest absolute Gasteiger partial charge is 0.348 e. The monoisotopic (exact) mass is 355 g/mol. The highest BCUT2D eigenvalue weighted by Crippen LogP contribution is 2.33. The molecule has 6 nitrogen and oxygen atoms in total. The van der Waals surface area contributed by atoms with Gasteiger partial charge in [0.2, 0.25) is 0 Å². The van der Waals surface area contributed by atoms with Crippen molar-refractivity contribution in [3.05, 3.63) is 77.6 Å². The minimum atomic E-state index is -0.829. The maximum atomic E-state index is 13.9. The SMILES string of the molecule is O=C(Nc1c(F)cccc1F)N1CCc2[nH]cnc2[C@@H]1c1ccccn1. The van der Waals surface area contributed by atoms with E-state index in [0.717, 1.165) is 17.8 Å². The van der Waals surface area contributed by atoms with Gasteiger partial charge in [0.15, 0.2) is 0 Å². The molecule has 0 saturated heterocycles. The second-order valence-electron chi connectivity index (χ2n) is 5.89. The minimum Gasteiger partial charge on any atom is -0.348 e. The first-order valence-electron chi connectivity index (χ1n) is 8.10. The number of benzene rings is 1. The van der Waals surface area contributed by atoms with Crippen LogP contribution < -0.4 is 5.32 Å². The van der Waals surface area contributed by atoms with Crippen LogP contribution in [-0.4, -0.2) is 32.4 Å². The Morgan fingerprint density at radius 3 is 2.69 bits per heavy atom. The number of H-pyrrole nitrogens is 1. The first-order chi connectivity index (χ1) is 12.6. The number of imidazole rings is 1. The lowest BCUT2D eigenvalue weighted by Gasteiger charge is -2.34. The molecule has 3 heterocycles. The normalized spacial score (nSPS) is 16.2. The summed E-state index contributed by atoms with van der Waals surface area (Å²) in [6, 6.07) is 7.66. The molecule has 1 atom stereocenters. The number of anilines is 1. The predicted molar refractivity (Wildman–Crippen MR) is 90.5 cm³/mol. The molecule has 0 spiro atoms. The summed E-state index contributed by atoms with van der Waals surface area (Å²) >= 11 is 0. The highest BCUT2D eigenvalue weighted by Gasteiger charge is 2.35. The number of fused-ring (bicyclic) bond motifs is 1. The van der Waals surface area contributed by atoms with Crippen molar-refractivity contribution in [1.29, 1.82) is 0 Å². The van der Waals surface area contributed by atoms with Gasteiger partial charge >= 0.3 is 6.03 Å². The molecule has 0 fully saturated rings. The van der Waals surface area contributed by atoms with Crippen LogP contribution in [0.3, 0.4) is 0 Å². The molecule has 2 aromatic heterocycles. The number of carbonyl (C=O) groups excluding carboxylic acids is 1. The summed E-state index contributed by atoms with van der Waals surface area (Å²) in [6.45, 7) is 0.359. The van der Waals surface area contributed by atoms with E-state index >= 15 is 0 Å². The van der Waals surface area contributed by atoms with E-state index in [1.807, 2.05) is 6.07 Å². The Kier molecular flexibility index (Phi) is 4.08. The third-order valence-corrected chi connectivity index (χ3v) is 4.35. The fourth-order valence-electron chi connectivity index (χ4n) is 3.13. The van der Waals surface area contributed by atoms with Gasteiger partial charge in [-0.05, 0) is 24.3 Å². The van der Waals surface area contributed by atoms with Gasteiger partial charge in [0.05, 0.1) is 17.7 Å². The number of rotatable bonds is 2. The average Bonchev–Trinajstić information content (AvgIpc) is 3.13. The zero-order valence-corrected chi connectivity index (χ0v) is 13.6. The van der Waals surface area contributed by atoms with Gasteiger partial charge in [0.25, 0.3) is 0 Å². The molecule has 3 aromatic rings. The van der Waals surface area contributed by atoms with Crippen LogP contribution in [0.15, 0.2) is 48.9 Å². The number of pyridine rings is 1. The van der Waals surface area contributed by atoms with Crippen LogP contribution in [0.4, 0.5) is 19.3 Å². The van der Waals surface area contributed by atoms with E-state index in [0.29, 0.717) is 24.4 Å². The van der Waals surface area contributed by atoms with Gasteiger partial charge in [-0.1, -0.05) is 12.1 Å². The number of nitrogens with one attached hydrogen (secondary N) is 2. The second kappa shape index (κ2) is 6.55. The van der Waals surface area contributed by atoms with E-state index in [9.17, 15) is 13.6 Å². The molecule has 2 N–H and O–H groups in total. The van der Waals surface area contributed by atoms with Crippen LogP contribution in [0, 0.1) is 11.6 Å². The van der Waals surface area contributed by atoms with Crippen LogP contribution in [0.1, 0.15) is 23.1 Å². The van der Waals surface area contributed by atoms with Crippen molar-refractivity contribution in [2.24, 2.45) is 0 Å². The first kappa shape index (κ1) is 16.2. The van der Waals surface area contributed by atoms with E-state index in [1.54, 1.807) is 24.7 Å². The Morgan fingerprint density at radius 1 is 1.15 bits per heavy atom. The minimum absolute atomic E-state index is 0.359. The molecule has 132 valence electrons. The number of amides is 2. The summed E-state index contributed by atoms with van der Waals surface area (Å²) in [4.78, 5) is 26.0. The molecule has 1 aliphatic rings. The summed E-state index contributed by atoms with van der Waals surface area (Å²) in [5.41, 5.74) is 1.76. The van der Waals surface area contributed by atoms with Crippen molar-refractivity contribution in [1.82, 2.24) is 19.9 Å². The lowest BCUT2D eigenvalue weighted by molar-refractivity contribution is 0.191. The number of halogens is 2. The average molecular weight is 355 g/mol. The maximum absolute atomic E-state index is 13.9. The summed E-state index contributed by atoms with van der Waals surface area (Å²) in [5, 5.41) is 2.34. The number of urea groups is 1. The summed E-state index contributed by atoms with van der Waals surface area (Å²) < 4.78 is 27.8. The molecule has 0 unspecified atom stereocenters. The van der Waals surface area contributed by atoms with Crippen LogP contribution >= 0.6 is 0 Å². The van der Waals surface area contributed by atoms with Gasteiger partial charge in [-0.3, -0.25) is 4.98 Å². The number of aromatic nitrogens is 3. The maximum Gasteiger partial charge on any atom is 0.322 e. The highest BCUT2D eigenvalue weighted by molar-refractivity contribution is 5.90. The first-order valence-corrected chi connectivity index (χ1v) is 8.10. The zero-order chi connectivity index (χ0) is 18.1. The van der Waals surface area contributed by atoms with E-state index in [4.69, 9.17) is 0 Å². The van der Waals surface area contributed by atoms with Crippen molar-refractivity contribution < 1.29 is 13.6 Å². The van der Waals surface area contributed by atoms with Gasteiger partial charge in [0.1, 0.15) is 23.4 Å². The van der Waals surface area contributed by atoms with Crippen molar-refractivity contribution in [3.8, 4) is 0 Å². The molecule has 0 saturated carbocycles. The van der Waals surface area contributed by atoms with Crippen molar-refractivity contribution in [3.63, 3.8) is 0 Å². The Morgan fingerprint density at radius 2 is 1.96 bits per heavy atom. The lowest BCUT2D eigenvalue weighted by Crippen LogP contribution is -2.43. The number of para-hydroxylation sites is 1. The molecule has 0 bridgehead atoms. The Labute approximate surface area is 147 Å². The van der Waals surface area contributed by atoms with Gasteiger partial charge < -0.3 is 15.2 Å². The summed E-state index contributed by atoms with van der Waals surface area (Å²) in [5.74, 6) is -1.66. The molecule has 1 aliphatic heterocycles. The molecule has 1 aromatic carbocycles. The molecule has 0 aliphatic carbocycles. The van der Waals surface area contributed by atoms with Gasteiger partial charge in [-0.15, -0.1) is 0 Å². The van der Waals surface area contributed by atoms with Crippen molar-refractivity contribution >= 4 is 11.7 Å². The Hall–Kier alpha value is -3.29. The summed E-state index contributed by atoms with van der Waals surface area (Å²) in [6.07, 6.45) is 3.76. The number of nitrogens with zero attached hydrogens (tertiary/aromatic N) is 3. The van der Waals surface area contributed by atoms with Crippen LogP contribution in [0.2, 0.25) is 0 Å². The molecular weight excluding hydrogens is 340 g/mol. The molecular formula is C18H15F2N5O. The van der Waals surface area contributed by atoms with Crippen molar-refractivity contribution in [2.75, 3.05) is 11.9 Å². The third-order valence-electron chi connectivity index (χ3n) is 4.35. The summed E-state index contributed by atoms with van der Waals surface area (Å²) in [7, 11) is 0. The fraction of sp³-hybridized carbons (Fsp3) is 0.167. The van der Waals surface area contributed by atoms with E-state index in [-0.39, 0.29) is 0 Å². The fourth-order valence-corrected chi connectivity index (χ4v) is 3.13. The molecule has 0 radical (unpaired) electrons. The number of carbonyl (C=O) groups is 1. The van der Waals surface area contributed by atoms with E-state index in [1.165, 1.54) is 11.0 Å². The van der Waals surface area contributed by atoms with Gasteiger partial charge in [-0.25, -0.2) is 18.6 Å². The van der Waals surface area contributed by atoms with Gasteiger partial charge in [-0.2, -0.15) is 0 Å². The smallest absolute Gasteiger partial charge is 0.322 e. The predicted octanol–water partition coefficient (Wildman–Crippen LogP) is 3.26. The Bertz CT molecular complexity index is 924.